The summed E-state index contributed by atoms with van der Waals surface area (Å²) in [5.41, 5.74) is 4.46. The van der Waals surface area contributed by atoms with Gasteiger partial charge >= 0.3 is 0 Å². The van der Waals surface area contributed by atoms with Crippen LogP contribution in [0.3, 0.4) is 0 Å². The number of phenolic OH excluding ortho intramolecular Hbond substituents is 1. The molecular formula is C24H33N3O2. The number of unbranched alkanes of at least 4 members (excludes halogenated alkanes) is 4. The first-order chi connectivity index (χ1) is 14.2. The molecule has 3 aromatic rings. The third-order valence-corrected chi connectivity index (χ3v) is 5.23. The number of nitrogens with zero attached hydrogens (tertiary/aromatic N) is 3. The molecule has 5 nitrogen and oxygen atoms in total. The number of aromatic hydroxyl groups is 1. The second kappa shape index (κ2) is 10.3. The first-order valence-electron chi connectivity index (χ1n) is 11.0. The molecule has 0 fully saturated rings. The second-order valence-corrected chi connectivity index (χ2v) is 7.61. The van der Waals surface area contributed by atoms with Crippen LogP contribution in [-0.4, -0.2) is 26.7 Å². The van der Waals surface area contributed by atoms with Gasteiger partial charge in [-0.1, -0.05) is 45.6 Å². The molecule has 29 heavy (non-hydrogen) atoms. The van der Waals surface area contributed by atoms with Gasteiger partial charge in [-0.25, -0.2) is 0 Å². The number of hydrogen-bond donors (Lipinski definition) is 1. The van der Waals surface area contributed by atoms with Gasteiger partial charge in [-0.2, -0.15) is 0 Å². The Morgan fingerprint density at radius 1 is 0.862 bits per heavy atom. The maximum atomic E-state index is 11.0. The van der Waals surface area contributed by atoms with Gasteiger partial charge in [0.25, 0.3) is 0 Å². The van der Waals surface area contributed by atoms with Crippen LogP contribution in [0.4, 0.5) is 0 Å². The predicted molar refractivity (Wildman–Crippen MR) is 118 cm³/mol. The van der Waals surface area contributed by atoms with E-state index < -0.39 is 0 Å². The van der Waals surface area contributed by atoms with Crippen molar-refractivity contribution in [2.24, 2.45) is 0 Å². The zero-order valence-electron chi connectivity index (χ0n) is 17.9. The van der Waals surface area contributed by atoms with E-state index >= 15 is 0 Å². The summed E-state index contributed by atoms with van der Waals surface area (Å²) >= 11 is 0. The van der Waals surface area contributed by atoms with Crippen molar-refractivity contribution >= 4 is 11.0 Å². The number of ether oxygens (including phenoxy) is 1. The standard InChI is InChI=1S/C24H33N3O2/c1-4-7-9-11-18-15-19(12-10-8-5-2)24(28)23(16-18)27-25-21-14-13-20(29-6-3)17-22(21)26-27/h13-17,28H,4-12H2,1-3H3. The highest BCUT2D eigenvalue weighted by molar-refractivity contribution is 5.76. The lowest BCUT2D eigenvalue weighted by atomic mass is 9.99. The Morgan fingerprint density at radius 2 is 1.59 bits per heavy atom. The van der Waals surface area contributed by atoms with Crippen LogP contribution in [0.1, 0.15) is 70.4 Å². The average molecular weight is 396 g/mol. The minimum atomic E-state index is 0.297. The summed E-state index contributed by atoms with van der Waals surface area (Å²) in [6.45, 7) is 6.99. The summed E-state index contributed by atoms with van der Waals surface area (Å²) < 4.78 is 5.57. The van der Waals surface area contributed by atoms with Gasteiger partial charge in [-0.15, -0.1) is 15.0 Å². The molecule has 0 bridgehead atoms. The van der Waals surface area contributed by atoms with Gasteiger partial charge in [0.05, 0.1) is 6.61 Å². The Hall–Kier alpha value is -2.56. The lowest BCUT2D eigenvalue weighted by molar-refractivity contribution is 0.340. The quantitative estimate of drug-likeness (QED) is 0.405. The number of benzene rings is 2. The number of aryl methyl sites for hydroxylation is 2. The Bertz CT molecular complexity index is 933. The van der Waals surface area contributed by atoms with Crippen molar-refractivity contribution in [3.63, 3.8) is 0 Å². The van der Waals surface area contributed by atoms with Crippen LogP contribution >= 0.6 is 0 Å². The van der Waals surface area contributed by atoms with E-state index in [2.05, 4.69) is 30.1 Å². The molecule has 0 saturated heterocycles. The first kappa shape index (κ1) is 21.2. The zero-order chi connectivity index (χ0) is 20.6. The highest BCUT2D eigenvalue weighted by Crippen LogP contribution is 2.30. The van der Waals surface area contributed by atoms with Crippen molar-refractivity contribution in [2.45, 2.75) is 72.1 Å². The van der Waals surface area contributed by atoms with E-state index in [-0.39, 0.29) is 0 Å². The van der Waals surface area contributed by atoms with Gasteiger partial charge in [-0.05, 0) is 61.9 Å². The third kappa shape index (κ3) is 5.28. The fourth-order valence-electron chi connectivity index (χ4n) is 3.63. The van der Waals surface area contributed by atoms with E-state index in [0.29, 0.717) is 18.0 Å². The number of fused-ring (bicyclic) bond motifs is 1. The molecule has 3 rings (SSSR count). The molecule has 0 aliphatic heterocycles. The molecule has 0 atom stereocenters. The molecular weight excluding hydrogens is 362 g/mol. The molecule has 2 aromatic carbocycles. The van der Waals surface area contributed by atoms with Crippen molar-refractivity contribution in [3.8, 4) is 17.2 Å². The highest BCUT2D eigenvalue weighted by Gasteiger charge is 2.15. The SMILES string of the molecule is CCCCCc1cc(CCCCC)c(O)c(-n2nc3ccc(OCC)cc3n2)c1. The van der Waals surface area contributed by atoms with Crippen molar-refractivity contribution in [3.05, 3.63) is 41.5 Å². The monoisotopic (exact) mass is 395 g/mol. The molecule has 0 aliphatic rings. The lowest BCUT2D eigenvalue weighted by Crippen LogP contribution is -2.03. The largest absolute Gasteiger partial charge is 0.505 e. The van der Waals surface area contributed by atoms with Crippen molar-refractivity contribution in [1.29, 1.82) is 0 Å². The van der Waals surface area contributed by atoms with Crippen molar-refractivity contribution in [2.75, 3.05) is 6.61 Å². The molecule has 1 N–H and O–H groups in total. The fraction of sp³-hybridized carbons (Fsp3) is 0.500. The van der Waals surface area contributed by atoms with Crippen LogP contribution in [0.5, 0.6) is 11.5 Å². The fourth-order valence-corrected chi connectivity index (χ4v) is 3.63. The Balaban J connectivity index is 1.97. The highest BCUT2D eigenvalue weighted by atomic mass is 16.5. The molecule has 5 heteroatoms. The van der Waals surface area contributed by atoms with Crippen molar-refractivity contribution < 1.29 is 9.84 Å². The van der Waals surface area contributed by atoms with Crippen molar-refractivity contribution in [1.82, 2.24) is 15.0 Å². The molecule has 0 radical (unpaired) electrons. The number of phenols is 1. The molecule has 0 aliphatic carbocycles. The second-order valence-electron chi connectivity index (χ2n) is 7.61. The zero-order valence-corrected chi connectivity index (χ0v) is 17.9. The minimum Gasteiger partial charge on any atom is -0.505 e. The molecule has 0 unspecified atom stereocenters. The summed E-state index contributed by atoms with van der Waals surface area (Å²) in [7, 11) is 0. The van der Waals surface area contributed by atoms with E-state index in [1.807, 2.05) is 31.2 Å². The summed E-state index contributed by atoms with van der Waals surface area (Å²) in [5, 5.41) is 20.2. The molecule has 0 saturated carbocycles. The summed E-state index contributed by atoms with van der Waals surface area (Å²) in [5.74, 6) is 1.08. The predicted octanol–water partition coefficient (Wildman–Crippen LogP) is 5.99. The summed E-state index contributed by atoms with van der Waals surface area (Å²) in [6, 6.07) is 9.92. The molecule has 156 valence electrons. The van der Waals surface area contributed by atoms with Crippen LogP contribution in [0.25, 0.3) is 16.7 Å². The van der Waals surface area contributed by atoms with Gasteiger partial charge in [0.15, 0.2) is 0 Å². The van der Waals surface area contributed by atoms with Crippen LogP contribution in [0.2, 0.25) is 0 Å². The van der Waals surface area contributed by atoms with Gasteiger partial charge in [0, 0.05) is 6.07 Å². The normalized spacial score (nSPS) is 11.3. The minimum absolute atomic E-state index is 0.297. The van der Waals surface area contributed by atoms with E-state index in [0.717, 1.165) is 54.5 Å². The van der Waals surface area contributed by atoms with E-state index in [1.165, 1.54) is 24.8 Å². The number of rotatable bonds is 11. The molecule has 0 amide bonds. The van der Waals surface area contributed by atoms with Crippen LogP contribution in [0, 0.1) is 0 Å². The van der Waals surface area contributed by atoms with E-state index in [1.54, 1.807) is 4.80 Å². The maximum absolute atomic E-state index is 11.0. The lowest BCUT2D eigenvalue weighted by Gasteiger charge is -2.12. The van der Waals surface area contributed by atoms with Gasteiger partial charge < -0.3 is 9.84 Å². The Labute approximate surface area is 173 Å². The average Bonchev–Trinajstić information content (AvgIpc) is 3.13. The molecule has 0 spiro atoms. The van der Waals surface area contributed by atoms with Crippen LogP contribution in [0.15, 0.2) is 30.3 Å². The van der Waals surface area contributed by atoms with E-state index in [9.17, 15) is 5.11 Å². The Kier molecular flexibility index (Phi) is 7.50. The smallest absolute Gasteiger partial charge is 0.146 e. The van der Waals surface area contributed by atoms with E-state index in [4.69, 9.17) is 4.74 Å². The van der Waals surface area contributed by atoms with Gasteiger partial charge in [-0.3, -0.25) is 0 Å². The van der Waals surface area contributed by atoms with Gasteiger partial charge in [0.2, 0.25) is 0 Å². The Morgan fingerprint density at radius 3 is 2.31 bits per heavy atom. The number of hydrogen-bond acceptors (Lipinski definition) is 4. The van der Waals surface area contributed by atoms with Crippen LogP contribution in [-0.2, 0) is 12.8 Å². The summed E-state index contributed by atoms with van der Waals surface area (Å²) in [6.07, 6.45) is 8.86. The molecule has 1 heterocycles. The molecule has 1 aromatic heterocycles. The third-order valence-electron chi connectivity index (χ3n) is 5.23. The summed E-state index contributed by atoms with van der Waals surface area (Å²) in [4.78, 5) is 1.57. The first-order valence-corrected chi connectivity index (χ1v) is 11.0. The van der Waals surface area contributed by atoms with Crippen LogP contribution < -0.4 is 4.74 Å². The topological polar surface area (TPSA) is 60.2 Å². The maximum Gasteiger partial charge on any atom is 0.146 e. The van der Waals surface area contributed by atoms with Gasteiger partial charge in [0.1, 0.15) is 28.2 Å². The number of aromatic nitrogens is 3.